The van der Waals surface area contributed by atoms with E-state index in [1.165, 1.54) is 0 Å². The fraction of sp³-hybridized carbons (Fsp3) is 0.583. The van der Waals surface area contributed by atoms with Gasteiger partial charge in [-0.05, 0) is 52.7 Å². The minimum absolute atomic E-state index is 0.0164. The Hall–Kier alpha value is -0.810. The molecule has 1 amide bonds. The molecule has 3 rings (SSSR count). The van der Waals surface area contributed by atoms with Crippen molar-refractivity contribution in [2.75, 3.05) is 13.1 Å². The van der Waals surface area contributed by atoms with Crippen molar-refractivity contribution in [3.05, 3.63) is 22.6 Å². The number of rotatable bonds is 1. The highest BCUT2D eigenvalue weighted by Crippen LogP contribution is 2.37. The van der Waals surface area contributed by atoms with Crippen LogP contribution in [-0.4, -0.2) is 29.9 Å². The third kappa shape index (κ3) is 1.91. The van der Waals surface area contributed by atoms with E-state index in [1.807, 2.05) is 4.90 Å². The van der Waals surface area contributed by atoms with Crippen molar-refractivity contribution in [3.63, 3.8) is 0 Å². The highest BCUT2D eigenvalue weighted by molar-refractivity contribution is 9.10. The summed E-state index contributed by atoms with van der Waals surface area (Å²) in [5.41, 5.74) is 6.06. The molecule has 0 unspecified atom stereocenters. The molecule has 0 radical (unpaired) electrons. The van der Waals surface area contributed by atoms with Crippen LogP contribution in [0.25, 0.3) is 0 Å². The summed E-state index contributed by atoms with van der Waals surface area (Å²) in [6.07, 6.45) is 2.25. The highest BCUT2D eigenvalue weighted by atomic mass is 79.9. The number of nitrogens with two attached hydrogens (primary N) is 1. The standard InChI is InChI=1S/C12H15BrN2O2/c13-11-4-3-10(17-11)12(16)15-5-7-1-2-9(14)8(7)6-15/h3-4,7-9H,1-2,5-6,14H2/t7-,8+,9-/m1/s1. The molecule has 17 heavy (non-hydrogen) atoms. The Labute approximate surface area is 108 Å². The third-order valence-corrected chi connectivity index (χ3v) is 4.41. The molecule has 2 aliphatic rings. The largest absolute Gasteiger partial charge is 0.444 e. The lowest BCUT2D eigenvalue weighted by Gasteiger charge is -2.17. The fourth-order valence-electron chi connectivity index (χ4n) is 3.06. The van der Waals surface area contributed by atoms with Gasteiger partial charge in [-0.1, -0.05) is 0 Å². The van der Waals surface area contributed by atoms with Crippen LogP contribution in [0.3, 0.4) is 0 Å². The van der Waals surface area contributed by atoms with Gasteiger partial charge in [0.05, 0.1) is 0 Å². The number of halogens is 1. The van der Waals surface area contributed by atoms with Gasteiger partial charge in [0.1, 0.15) is 0 Å². The van der Waals surface area contributed by atoms with E-state index in [4.69, 9.17) is 10.2 Å². The smallest absolute Gasteiger partial charge is 0.289 e. The number of nitrogens with zero attached hydrogens (tertiary/aromatic N) is 1. The van der Waals surface area contributed by atoms with E-state index in [0.717, 1.165) is 25.9 Å². The van der Waals surface area contributed by atoms with Gasteiger partial charge in [0.15, 0.2) is 10.4 Å². The van der Waals surface area contributed by atoms with Crippen molar-refractivity contribution < 1.29 is 9.21 Å². The maximum absolute atomic E-state index is 12.2. The maximum atomic E-state index is 12.2. The first-order chi connectivity index (χ1) is 8.15. The van der Waals surface area contributed by atoms with Gasteiger partial charge in [-0.2, -0.15) is 0 Å². The van der Waals surface area contributed by atoms with Crippen molar-refractivity contribution in [1.29, 1.82) is 0 Å². The lowest BCUT2D eigenvalue weighted by atomic mass is 9.98. The maximum Gasteiger partial charge on any atom is 0.289 e. The average Bonchev–Trinajstić information content (AvgIpc) is 2.96. The van der Waals surface area contributed by atoms with Crippen LogP contribution in [0.1, 0.15) is 23.4 Å². The third-order valence-electron chi connectivity index (χ3n) is 3.98. The molecule has 2 N–H and O–H groups in total. The molecule has 92 valence electrons. The van der Waals surface area contributed by atoms with Gasteiger partial charge in [0.2, 0.25) is 0 Å². The fourth-order valence-corrected chi connectivity index (χ4v) is 3.36. The Kier molecular flexibility index (Phi) is 2.75. The summed E-state index contributed by atoms with van der Waals surface area (Å²) in [5.74, 6) is 1.47. The van der Waals surface area contributed by atoms with Gasteiger partial charge in [0, 0.05) is 19.1 Å². The predicted molar refractivity (Wildman–Crippen MR) is 66.5 cm³/mol. The summed E-state index contributed by atoms with van der Waals surface area (Å²) < 4.78 is 5.90. The molecule has 0 spiro atoms. The molecule has 1 aliphatic carbocycles. The van der Waals surface area contributed by atoms with Gasteiger partial charge >= 0.3 is 0 Å². The SMILES string of the molecule is N[C@@H]1CC[C@@H]2CN(C(=O)c3ccc(Br)o3)C[C@@H]21. The quantitative estimate of drug-likeness (QED) is 0.861. The summed E-state index contributed by atoms with van der Waals surface area (Å²) in [6.45, 7) is 1.61. The van der Waals surface area contributed by atoms with Crippen LogP contribution >= 0.6 is 15.9 Å². The monoisotopic (exact) mass is 298 g/mol. The Balaban J connectivity index is 1.73. The van der Waals surface area contributed by atoms with Crippen molar-refractivity contribution >= 4 is 21.8 Å². The van der Waals surface area contributed by atoms with Crippen LogP contribution in [0.5, 0.6) is 0 Å². The number of carbonyl (C=O) groups is 1. The van der Waals surface area contributed by atoms with E-state index in [-0.39, 0.29) is 11.9 Å². The van der Waals surface area contributed by atoms with Crippen LogP contribution in [0.4, 0.5) is 0 Å². The van der Waals surface area contributed by atoms with Crippen molar-refractivity contribution in [2.24, 2.45) is 17.6 Å². The van der Waals surface area contributed by atoms with Gasteiger partial charge in [-0.3, -0.25) is 4.79 Å². The van der Waals surface area contributed by atoms with Crippen molar-refractivity contribution in [2.45, 2.75) is 18.9 Å². The minimum atomic E-state index is -0.0164. The molecular formula is C12H15BrN2O2. The zero-order valence-electron chi connectivity index (χ0n) is 9.43. The summed E-state index contributed by atoms with van der Waals surface area (Å²) in [7, 11) is 0. The van der Waals surface area contributed by atoms with Gasteiger partial charge < -0.3 is 15.1 Å². The van der Waals surface area contributed by atoms with Crippen molar-refractivity contribution in [3.8, 4) is 0 Å². The Morgan fingerprint density at radius 3 is 2.88 bits per heavy atom. The molecule has 1 aromatic rings. The number of fused-ring (bicyclic) bond motifs is 1. The van der Waals surface area contributed by atoms with E-state index in [9.17, 15) is 4.79 Å². The van der Waals surface area contributed by atoms with Crippen molar-refractivity contribution in [1.82, 2.24) is 4.90 Å². The molecule has 2 fully saturated rings. The summed E-state index contributed by atoms with van der Waals surface area (Å²) in [6, 6.07) is 3.72. The average molecular weight is 299 g/mol. The molecule has 1 aromatic heterocycles. The molecular weight excluding hydrogens is 284 g/mol. The van der Waals surface area contributed by atoms with Gasteiger partial charge in [0.25, 0.3) is 5.91 Å². The molecule has 1 aliphatic heterocycles. The first-order valence-electron chi connectivity index (χ1n) is 5.95. The van der Waals surface area contributed by atoms with Crippen LogP contribution < -0.4 is 5.73 Å². The lowest BCUT2D eigenvalue weighted by molar-refractivity contribution is 0.0746. The number of carbonyl (C=O) groups excluding carboxylic acids is 1. The molecule has 3 atom stereocenters. The Morgan fingerprint density at radius 2 is 2.24 bits per heavy atom. The topological polar surface area (TPSA) is 59.5 Å². The molecule has 0 bridgehead atoms. The molecule has 4 nitrogen and oxygen atoms in total. The van der Waals surface area contributed by atoms with E-state index >= 15 is 0 Å². The van der Waals surface area contributed by atoms with Crippen LogP contribution in [0, 0.1) is 11.8 Å². The zero-order valence-corrected chi connectivity index (χ0v) is 11.0. The summed E-state index contributed by atoms with van der Waals surface area (Å²) >= 11 is 3.21. The second-order valence-electron chi connectivity index (χ2n) is 4.98. The summed E-state index contributed by atoms with van der Waals surface area (Å²) in [4.78, 5) is 14.0. The predicted octanol–water partition coefficient (Wildman–Crippen LogP) is 1.85. The van der Waals surface area contributed by atoms with Gasteiger partial charge in [-0.15, -0.1) is 0 Å². The second-order valence-corrected chi connectivity index (χ2v) is 5.76. The first kappa shape index (κ1) is 11.3. The van der Waals surface area contributed by atoms with Gasteiger partial charge in [-0.25, -0.2) is 0 Å². The number of hydrogen-bond acceptors (Lipinski definition) is 3. The Morgan fingerprint density at radius 1 is 1.41 bits per heavy atom. The molecule has 0 aromatic carbocycles. The first-order valence-corrected chi connectivity index (χ1v) is 6.74. The molecule has 2 heterocycles. The van der Waals surface area contributed by atoms with Crippen LogP contribution in [-0.2, 0) is 0 Å². The number of hydrogen-bond donors (Lipinski definition) is 1. The van der Waals surface area contributed by atoms with Crippen LogP contribution in [0.15, 0.2) is 21.2 Å². The molecule has 1 saturated carbocycles. The molecule has 5 heteroatoms. The number of amides is 1. The summed E-state index contributed by atoms with van der Waals surface area (Å²) in [5, 5.41) is 0. The molecule has 1 saturated heterocycles. The van der Waals surface area contributed by atoms with E-state index in [1.54, 1.807) is 12.1 Å². The Bertz CT molecular complexity index is 445. The minimum Gasteiger partial charge on any atom is -0.444 e. The second kappa shape index (κ2) is 4.14. The zero-order chi connectivity index (χ0) is 12.0. The normalized spacial score (nSPS) is 31.9. The van der Waals surface area contributed by atoms with Crippen LogP contribution in [0.2, 0.25) is 0 Å². The van der Waals surface area contributed by atoms with E-state index < -0.39 is 0 Å². The lowest BCUT2D eigenvalue weighted by Crippen LogP contribution is -2.33. The number of likely N-dealkylation sites (tertiary alicyclic amines) is 1. The van der Waals surface area contributed by atoms with E-state index in [0.29, 0.717) is 22.3 Å². The highest BCUT2D eigenvalue weighted by Gasteiger charge is 2.42. The number of furan rings is 1. The van der Waals surface area contributed by atoms with E-state index in [2.05, 4.69) is 15.9 Å².